The smallest absolute Gasteiger partial charge is 0.206 e. The minimum atomic E-state index is -3.69. The van der Waals surface area contributed by atoms with Gasteiger partial charge in [0.05, 0.1) is 24.0 Å². The summed E-state index contributed by atoms with van der Waals surface area (Å²) in [6.07, 6.45) is 0. The van der Waals surface area contributed by atoms with E-state index in [1.54, 1.807) is 92.0 Å². The Hall–Kier alpha value is -11.5. The highest BCUT2D eigenvalue weighted by Gasteiger charge is 2.19. The number of rotatable bonds is 19. The summed E-state index contributed by atoms with van der Waals surface area (Å²) in [7, 11) is -0.515. The monoisotopic (exact) mass is 1210 g/mol. The van der Waals surface area contributed by atoms with E-state index >= 15 is 0 Å². The molecule has 0 aromatic heterocycles. The molecule has 0 saturated carbocycles. The highest BCUT2D eigenvalue weighted by molar-refractivity contribution is 7.91. The van der Waals surface area contributed by atoms with Crippen molar-refractivity contribution < 1.29 is 46.5 Å². The molecular weight excluding hydrogens is 1150 g/mol. The summed E-state index contributed by atoms with van der Waals surface area (Å²) in [5, 5.41) is 0. The molecule has 0 N–H and O–H groups in total. The van der Waals surface area contributed by atoms with Crippen LogP contribution in [0.1, 0.15) is 74.8 Å². The number of ether oxygens (including phenoxy) is 4. The van der Waals surface area contributed by atoms with E-state index in [1.165, 1.54) is 31.4 Å². The van der Waals surface area contributed by atoms with E-state index in [0.29, 0.717) is 73.3 Å². The van der Waals surface area contributed by atoms with Crippen molar-refractivity contribution in [3.8, 4) is 67.9 Å². The van der Waals surface area contributed by atoms with Gasteiger partial charge in [0.15, 0.2) is 23.1 Å². The summed E-state index contributed by atoms with van der Waals surface area (Å²) in [6.45, 7) is 3.99. The fraction of sp³-hybridized carbons (Fsp3) is 0.0500. The minimum absolute atomic E-state index is 0.00320. The number of hydrogen-bond acceptors (Lipinski definition) is 10. The number of carbonyl (C=O) groups is 4. The van der Waals surface area contributed by atoms with Crippen LogP contribution in [0.25, 0.3) is 33.4 Å². The summed E-state index contributed by atoms with van der Waals surface area (Å²) >= 11 is 0. The second kappa shape index (κ2) is 27.7. The van der Waals surface area contributed by atoms with Crippen molar-refractivity contribution in [1.29, 1.82) is 0 Å². The van der Waals surface area contributed by atoms with Crippen LogP contribution in [-0.2, 0) is 9.84 Å². The molecule has 0 unspecified atom stereocenters. The first-order chi connectivity index (χ1) is 44.2. The molecule has 0 radical (unpaired) electrons. The summed E-state index contributed by atoms with van der Waals surface area (Å²) in [5.41, 5.74) is 13.0. The zero-order chi connectivity index (χ0) is 63.4. The third-order valence-corrected chi connectivity index (χ3v) is 17.2. The van der Waals surface area contributed by atoms with E-state index in [2.05, 4.69) is 0 Å². The summed E-state index contributed by atoms with van der Waals surface area (Å²) < 4.78 is 48.2. The molecule has 0 fully saturated rings. The Morgan fingerprint density at radius 1 is 0.231 bits per heavy atom. The summed E-state index contributed by atoms with van der Waals surface area (Å²) in [5.74, 6) is 3.50. The van der Waals surface area contributed by atoms with Crippen LogP contribution in [0.4, 0.5) is 0 Å². The lowest BCUT2D eigenvalue weighted by molar-refractivity contribution is 0.103. The molecular formula is C80H60O10S. The van der Waals surface area contributed by atoms with Gasteiger partial charge in [0.2, 0.25) is 9.84 Å². The molecule has 10 nitrogen and oxygen atoms in total. The Bertz CT molecular complexity index is 4630. The van der Waals surface area contributed by atoms with Crippen LogP contribution in [0.5, 0.6) is 34.5 Å². The molecule has 0 saturated heterocycles. The maximum atomic E-state index is 13.2. The Labute approximate surface area is 529 Å². The number of aryl methyl sites for hydroxylation is 2. The van der Waals surface area contributed by atoms with Crippen LogP contribution >= 0.6 is 0 Å². The molecule has 0 aliphatic rings. The predicted octanol–water partition coefficient (Wildman–Crippen LogP) is 18.3. The molecule has 0 aliphatic heterocycles. The van der Waals surface area contributed by atoms with Crippen molar-refractivity contribution in [1.82, 2.24) is 0 Å². The number of carbonyl (C=O) groups excluding carboxylic acids is 4. The van der Waals surface area contributed by atoms with Crippen LogP contribution in [0.15, 0.2) is 301 Å². The second-order valence-corrected chi connectivity index (χ2v) is 23.5. The van der Waals surface area contributed by atoms with Crippen LogP contribution < -0.4 is 18.9 Å². The average molecular weight is 1210 g/mol. The van der Waals surface area contributed by atoms with Crippen molar-refractivity contribution >= 4 is 33.0 Å². The van der Waals surface area contributed by atoms with Crippen LogP contribution in [-0.4, -0.2) is 45.8 Å². The number of hydrogen-bond donors (Lipinski definition) is 0. The zero-order valence-corrected chi connectivity index (χ0v) is 51.0. The number of sulfone groups is 1. The Morgan fingerprint density at radius 3 is 0.626 bits per heavy atom. The fourth-order valence-electron chi connectivity index (χ4n) is 10.0. The quantitative estimate of drug-likeness (QED) is 0.0719. The predicted molar refractivity (Wildman–Crippen MR) is 356 cm³/mol. The Kier molecular flexibility index (Phi) is 18.6. The molecule has 12 aromatic rings. The van der Waals surface area contributed by atoms with Gasteiger partial charge in [-0.05, 0) is 169 Å². The standard InChI is InChI=1S/C40H30O6S.C40H30O4/c1-27-3-5-30(6-4-27)39(41)31-11-7-28(8-12-31)29-9-13-32(14-10-29)40(42)33-15-17-35(18-16-33)46-36-21-25-38(26-22-36)47(43,44)37-23-19-34(45-2)20-24-37;1-27-3-5-32(6-4-27)39(41)33-11-7-28(8-12-33)29-9-13-34(14-10-29)40(42)35-19-25-38(26-20-35)44-37-23-17-31(18-24-37)30-15-21-36(43-2)22-16-30/h3-26H,1-2H3;3-26H,1-2H3. The fourth-order valence-corrected chi connectivity index (χ4v) is 11.3. The van der Waals surface area contributed by atoms with Gasteiger partial charge in [-0.15, -0.1) is 0 Å². The van der Waals surface area contributed by atoms with Crippen molar-refractivity contribution in [3.63, 3.8) is 0 Å². The summed E-state index contributed by atoms with van der Waals surface area (Å²) in [4.78, 5) is 52.3. The van der Waals surface area contributed by atoms with Gasteiger partial charge in [0, 0.05) is 44.5 Å². The first-order valence-electron chi connectivity index (χ1n) is 29.2. The lowest BCUT2D eigenvalue weighted by Crippen LogP contribution is -2.02. The van der Waals surface area contributed by atoms with Crippen molar-refractivity contribution in [2.75, 3.05) is 14.2 Å². The maximum absolute atomic E-state index is 13.2. The van der Waals surface area contributed by atoms with E-state index in [-0.39, 0.29) is 32.9 Å². The molecule has 12 aromatic carbocycles. The van der Waals surface area contributed by atoms with Crippen molar-refractivity contribution in [2.24, 2.45) is 0 Å². The molecule has 12 rings (SSSR count). The highest BCUT2D eigenvalue weighted by Crippen LogP contribution is 2.32. The number of ketones is 4. The lowest BCUT2D eigenvalue weighted by Gasteiger charge is -2.09. The van der Waals surface area contributed by atoms with Gasteiger partial charge in [-0.2, -0.15) is 0 Å². The molecule has 11 heteroatoms. The van der Waals surface area contributed by atoms with Gasteiger partial charge in [-0.25, -0.2) is 8.42 Å². The van der Waals surface area contributed by atoms with Crippen LogP contribution in [0, 0.1) is 13.8 Å². The van der Waals surface area contributed by atoms with Gasteiger partial charge < -0.3 is 18.9 Å². The maximum Gasteiger partial charge on any atom is 0.206 e. The van der Waals surface area contributed by atoms with Gasteiger partial charge in [0.25, 0.3) is 0 Å². The second-order valence-electron chi connectivity index (χ2n) is 21.5. The SMILES string of the molecule is COc1ccc(-c2ccc(Oc3ccc(C(=O)c4ccc(-c5ccc(C(=O)c6ccc(C)cc6)cc5)cc4)cc3)cc2)cc1.COc1ccc(S(=O)(=O)c2ccc(Oc3ccc(C(=O)c4ccc(-c5ccc(C(=O)c6ccc(C)cc6)cc5)cc4)cc3)cc2)cc1. The molecule has 0 heterocycles. The molecule has 91 heavy (non-hydrogen) atoms. The molecule has 446 valence electrons. The number of benzene rings is 12. The van der Waals surface area contributed by atoms with Gasteiger partial charge in [-0.1, -0.05) is 181 Å². The lowest BCUT2D eigenvalue weighted by atomic mass is 9.97. The molecule has 0 atom stereocenters. The first-order valence-corrected chi connectivity index (χ1v) is 30.7. The van der Waals surface area contributed by atoms with Crippen molar-refractivity contribution in [2.45, 2.75) is 23.6 Å². The average Bonchev–Trinajstić information content (AvgIpc) is 1.67. The van der Waals surface area contributed by atoms with E-state index in [4.69, 9.17) is 18.9 Å². The van der Waals surface area contributed by atoms with E-state index < -0.39 is 9.84 Å². The van der Waals surface area contributed by atoms with Gasteiger partial charge in [0.1, 0.15) is 34.5 Å². The van der Waals surface area contributed by atoms with Crippen molar-refractivity contribution in [3.05, 3.63) is 347 Å². The third kappa shape index (κ3) is 14.7. The van der Waals surface area contributed by atoms with E-state index in [0.717, 1.165) is 50.3 Å². The normalized spacial score (nSPS) is 10.9. The Morgan fingerprint density at radius 2 is 0.396 bits per heavy atom. The highest BCUT2D eigenvalue weighted by atomic mass is 32.2. The zero-order valence-electron chi connectivity index (χ0n) is 50.2. The van der Waals surface area contributed by atoms with Crippen LogP contribution in [0.3, 0.4) is 0 Å². The third-order valence-electron chi connectivity index (χ3n) is 15.4. The van der Waals surface area contributed by atoms with Gasteiger partial charge >= 0.3 is 0 Å². The largest absolute Gasteiger partial charge is 0.497 e. The minimum Gasteiger partial charge on any atom is -0.497 e. The van der Waals surface area contributed by atoms with Crippen LogP contribution in [0.2, 0.25) is 0 Å². The molecule has 0 bridgehead atoms. The first kappa shape index (κ1) is 61.1. The van der Waals surface area contributed by atoms with E-state index in [1.807, 2.05) is 196 Å². The van der Waals surface area contributed by atoms with Gasteiger partial charge in [-0.3, -0.25) is 19.2 Å². The molecule has 0 spiro atoms. The molecule has 0 amide bonds. The Balaban J connectivity index is 0.000000187. The topological polar surface area (TPSA) is 139 Å². The number of methoxy groups -OCH3 is 2. The van der Waals surface area contributed by atoms with E-state index in [9.17, 15) is 27.6 Å². The molecule has 0 aliphatic carbocycles. The summed E-state index contributed by atoms with van der Waals surface area (Å²) in [6, 6.07) is 87.1.